The molecular weight excluding hydrogens is 582 g/mol. The van der Waals surface area contributed by atoms with Gasteiger partial charge in [0.25, 0.3) is 5.91 Å². The Balaban J connectivity index is 1.90. The van der Waals surface area contributed by atoms with E-state index in [1.807, 2.05) is 0 Å². The van der Waals surface area contributed by atoms with Crippen LogP contribution in [0.15, 0.2) is 48.7 Å². The van der Waals surface area contributed by atoms with Crippen molar-refractivity contribution in [2.45, 2.75) is 38.3 Å². The van der Waals surface area contributed by atoms with Crippen molar-refractivity contribution in [3.05, 3.63) is 77.1 Å². The maximum atomic E-state index is 14.1. The average Bonchev–Trinajstić information content (AvgIpc) is 3.01. The molecule has 0 saturated carbocycles. The van der Waals surface area contributed by atoms with Crippen molar-refractivity contribution in [2.75, 3.05) is 34.7 Å². The van der Waals surface area contributed by atoms with Gasteiger partial charge in [-0.1, -0.05) is 12.1 Å². The Morgan fingerprint density at radius 3 is 2.02 bits per heavy atom. The van der Waals surface area contributed by atoms with Crippen molar-refractivity contribution in [3.63, 3.8) is 0 Å². The van der Waals surface area contributed by atoms with Gasteiger partial charge in [0.05, 0.1) is 34.0 Å². The van der Waals surface area contributed by atoms with Crippen LogP contribution in [0.4, 0.5) is 8.78 Å². The molecule has 1 heterocycles. The molecule has 0 radical (unpaired) electrons. The van der Waals surface area contributed by atoms with Gasteiger partial charge in [0.15, 0.2) is 17.2 Å². The number of aldehydes is 1. The molecule has 13 heteroatoms. The standard InChI is InChI=1S/C31H34F2N2O9/c1-18(27(22-9-7-20(32)13-25(22)40-5)23-10-8-21(33)14-26(23)41-6)42-16-31(3,15-36)35-30(38)28-29(44-17-43-19(2)37)24(39-4)11-12-34-28/h7-15,18,27H,16-17H2,1-6H3,(H,35,38)/t18-,31+/m0/s1. The second kappa shape index (κ2) is 15.1. The minimum Gasteiger partial charge on any atom is -0.496 e. The quantitative estimate of drug-likeness (QED) is 0.151. The Hall–Kier alpha value is -4.78. The highest BCUT2D eigenvalue weighted by atomic mass is 19.1. The number of esters is 1. The number of benzene rings is 2. The molecule has 0 spiro atoms. The number of methoxy groups -OCH3 is 3. The number of hydrogen-bond donors (Lipinski definition) is 1. The van der Waals surface area contributed by atoms with E-state index in [0.717, 1.165) is 0 Å². The predicted octanol–water partition coefficient (Wildman–Crippen LogP) is 4.21. The fourth-order valence-electron chi connectivity index (χ4n) is 4.44. The summed E-state index contributed by atoms with van der Waals surface area (Å²) in [5.41, 5.74) is -0.785. The zero-order valence-electron chi connectivity index (χ0n) is 25.1. The number of carbonyl (C=O) groups is 3. The highest BCUT2D eigenvalue weighted by Crippen LogP contribution is 2.40. The summed E-state index contributed by atoms with van der Waals surface area (Å²) in [5, 5.41) is 2.60. The number of amides is 1. The summed E-state index contributed by atoms with van der Waals surface area (Å²) >= 11 is 0. The zero-order valence-corrected chi connectivity index (χ0v) is 25.1. The van der Waals surface area contributed by atoms with Crippen LogP contribution in [0.25, 0.3) is 0 Å². The monoisotopic (exact) mass is 616 g/mol. The summed E-state index contributed by atoms with van der Waals surface area (Å²) < 4.78 is 60.7. The van der Waals surface area contributed by atoms with Gasteiger partial charge in [-0.15, -0.1) is 0 Å². The lowest BCUT2D eigenvalue weighted by molar-refractivity contribution is -0.147. The van der Waals surface area contributed by atoms with Crippen LogP contribution in [0.3, 0.4) is 0 Å². The summed E-state index contributed by atoms with van der Waals surface area (Å²) in [7, 11) is 4.13. The second-order valence-corrected chi connectivity index (χ2v) is 9.84. The van der Waals surface area contributed by atoms with Crippen LogP contribution >= 0.6 is 0 Å². The smallest absolute Gasteiger partial charge is 0.305 e. The van der Waals surface area contributed by atoms with Crippen molar-refractivity contribution in [2.24, 2.45) is 0 Å². The lowest BCUT2D eigenvalue weighted by Gasteiger charge is -2.31. The number of hydrogen-bond acceptors (Lipinski definition) is 10. The molecule has 1 N–H and O–H groups in total. The number of nitrogens with zero attached hydrogens (tertiary/aromatic N) is 1. The molecule has 0 unspecified atom stereocenters. The van der Waals surface area contributed by atoms with Gasteiger partial charge in [0.1, 0.15) is 35.0 Å². The Morgan fingerprint density at radius 1 is 0.955 bits per heavy atom. The average molecular weight is 617 g/mol. The van der Waals surface area contributed by atoms with Gasteiger partial charge in [0, 0.05) is 48.4 Å². The highest BCUT2D eigenvalue weighted by Gasteiger charge is 2.34. The van der Waals surface area contributed by atoms with Crippen molar-refractivity contribution in [1.29, 1.82) is 0 Å². The fourth-order valence-corrected chi connectivity index (χ4v) is 4.44. The lowest BCUT2D eigenvalue weighted by atomic mass is 9.85. The minimum atomic E-state index is -1.58. The van der Waals surface area contributed by atoms with Gasteiger partial charge >= 0.3 is 5.97 Å². The molecule has 0 aliphatic rings. The summed E-state index contributed by atoms with van der Waals surface area (Å²) in [6, 6.07) is 9.42. The van der Waals surface area contributed by atoms with E-state index >= 15 is 0 Å². The maximum Gasteiger partial charge on any atom is 0.305 e. The first-order chi connectivity index (χ1) is 21.0. The zero-order chi connectivity index (χ0) is 32.4. The van der Waals surface area contributed by atoms with Crippen LogP contribution < -0.4 is 24.3 Å². The molecule has 1 amide bonds. The van der Waals surface area contributed by atoms with Crippen LogP contribution in [0.1, 0.15) is 48.3 Å². The first kappa shape index (κ1) is 33.7. The minimum absolute atomic E-state index is 0.108. The number of carbonyl (C=O) groups excluding carboxylic acids is 3. The van der Waals surface area contributed by atoms with Gasteiger partial charge in [-0.2, -0.15) is 0 Å². The summed E-state index contributed by atoms with van der Waals surface area (Å²) in [6.45, 7) is 3.51. The topological polar surface area (TPSA) is 132 Å². The van der Waals surface area contributed by atoms with E-state index in [1.165, 1.54) is 83.8 Å². The molecule has 3 aromatic rings. The number of aromatic nitrogens is 1. The van der Waals surface area contributed by atoms with E-state index in [2.05, 4.69) is 10.3 Å². The van der Waals surface area contributed by atoms with Gasteiger partial charge in [0.2, 0.25) is 6.79 Å². The fraction of sp³-hybridized carbons (Fsp3) is 0.355. The third kappa shape index (κ3) is 8.19. The summed E-state index contributed by atoms with van der Waals surface area (Å²) in [4.78, 5) is 40.8. The maximum absolute atomic E-state index is 14.1. The third-order valence-corrected chi connectivity index (χ3v) is 6.60. The van der Waals surface area contributed by atoms with E-state index in [-0.39, 0.29) is 35.3 Å². The molecule has 0 aliphatic carbocycles. The summed E-state index contributed by atoms with van der Waals surface area (Å²) in [6.07, 6.45) is 1.06. The molecule has 0 bridgehead atoms. The molecule has 2 atom stereocenters. The second-order valence-electron chi connectivity index (χ2n) is 9.84. The predicted molar refractivity (Wildman–Crippen MR) is 153 cm³/mol. The van der Waals surface area contributed by atoms with Gasteiger partial charge in [-0.05, 0) is 26.0 Å². The molecule has 0 saturated heterocycles. The Kier molecular flexibility index (Phi) is 11.6. The van der Waals surface area contributed by atoms with Crippen LogP contribution in [0.5, 0.6) is 23.0 Å². The van der Waals surface area contributed by atoms with Crippen molar-refractivity contribution < 1.29 is 51.6 Å². The first-order valence-corrected chi connectivity index (χ1v) is 13.3. The molecule has 1 aromatic heterocycles. The molecule has 0 fully saturated rings. The molecular formula is C31H34F2N2O9. The van der Waals surface area contributed by atoms with Crippen LogP contribution in [0, 0.1) is 11.6 Å². The molecule has 3 rings (SSSR count). The van der Waals surface area contributed by atoms with Crippen molar-refractivity contribution in [3.8, 4) is 23.0 Å². The van der Waals surface area contributed by atoms with Crippen LogP contribution in [0.2, 0.25) is 0 Å². The molecule has 2 aromatic carbocycles. The van der Waals surface area contributed by atoms with E-state index in [0.29, 0.717) is 17.4 Å². The Labute approximate surface area is 253 Å². The lowest BCUT2D eigenvalue weighted by Crippen LogP contribution is -2.52. The molecule has 44 heavy (non-hydrogen) atoms. The number of nitrogens with one attached hydrogen (secondary N) is 1. The van der Waals surface area contributed by atoms with E-state index < -0.39 is 47.9 Å². The highest BCUT2D eigenvalue weighted by molar-refractivity contribution is 5.97. The number of pyridine rings is 1. The van der Waals surface area contributed by atoms with Crippen molar-refractivity contribution in [1.82, 2.24) is 10.3 Å². The van der Waals surface area contributed by atoms with Gasteiger partial charge in [-0.3, -0.25) is 9.59 Å². The molecule has 0 aliphatic heterocycles. The number of halogens is 2. The first-order valence-electron chi connectivity index (χ1n) is 13.3. The van der Waals surface area contributed by atoms with Crippen LogP contribution in [-0.2, 0) is 19.1 Å². The van der Waals surface area contributed by atoms with Gasteiger partial charge in [-0.25, -0.2) is 13.8 Å². The number of ether oxygens (including phenoxy) is 6. The Morgan fingerprint density at radius 2 is 1.52 bits per heavy atom. The molecule has 236 valence electrons. The van der Waals surface area contributed by atoms with E-state index in [4.69, 9.17) is 28.4 Å². The van der Waals surface area contributed by atoms with Gasteiger partial charge < -0.3 is 38.5 Å². The Bertz CT molecular complexity index is 1430. The number of rotatable bonds is 15. The van der Waals surface area contributed by atoms with E-state index in [1.54, 1.807) is 6.92 Å². The largest absolute Gasteiger partial charge is 0.496 e. The normalized spacial score (nSPS) is 12.9. The molecule has 11 nitrogen and oxygen atoms in total. The van der Waals surface area contributed by atoms with E-state index in [9.17, 15) is 23.2 Å². The van der Waals surface area contributed by atoms with Crippen molar-refractivity contribution >= 4 is 18.2 Å². The third-order valence-electron chi connectivity index (χ3n) is 6.60. The SMILES string of the molecule is COc1cc(F)ccc1C(c1ccc(F)cc1OC)[C@H](C)OC[C@@](C)(C=O)NC(=O)c1nccc(OC)c1OCOC(C)=O. The van der Waals surface area contributed by atoms with Crippen LogP contribution in [-0.4, -0.2) is 69.5 Å². The summed E-state index contributed by atoms with van der Waals surface area (Å²) in [5.74, 6) is -2.68.